The molecular formula is C27H27FN2O5S. The molecule has 1 aliphatic heterocycles. The molecule has 0 spiro atoms. The summed E-state index contributed by atoms with van der Waals surface area (Å²) in [7, 11) is -4.04. The van der Waals surface area contributed by atoms with Crippen LogP contribution >= 0.6 is 0 Å². The quantitative estimate of drug-likeness (QED) is 0.486. The van der Waals surface area contributed by atoms with E-state index in [1.165, 1.54) is 36.4 Å². The van der Waals surface area contributed by atoms with Crippen molar-refractivity contribution in [3.8, 4) is 0 Å². The lowest BCUT2D eigenvalue weighted by molar-refractivity contribution is -0.133. The Morgan fingerprint density at radius 2 is 1.69 bits per heavy atom. The van der Waals surface area contributed by atoms with Gasteiger partial charge in [-0.1, -0.05) is 67.1 Å². The van der Waals surface area contributed by atoms with E-state index in [2.05, 4.69) is 4.72 Å². The van der Waals surface area contributed by atoms with Crippen LogP contribution in [-0.4, -0.2) is 38.0 Å². The van der Waals surface area contributed by atoms with E-state index in [0.717, 1.165) is 16.0 Å². The normalized spacial score (nSPS) is 17.5. The van der Waals surface area contributed by atoms with Crippen LogP contribution in [0.15, 0.2) is 83.8 Å². The number of imide groups is 1. The molecule has 3 aromatic carbocycles. The molecule has 1 heterocycles. The molecule has 4 rings (SSSR count). The number of hydrogen-bond acceptors (Lipinski definition) is 5. The van der Waals surface area contributed by atoms with Gasteiger partial charge in [0.25, 0.3) is 0 Å². The number of aryl methyl sites for hydroxylation is 1. The highest BCUT2D eigenvalue weighted by molar-refractivity contribution is 7.89. The van der Waals surface area contributed by atoms with Crippen molar-refractivity contribution >= 4 is 22.0 Å². The van der Waals surface area contributed by atoms with Crippen LogP contribution in [0.2, 0.25) is 0 Å². The molecule has 3 aromatic rings. The minimum absolute atomic E-state index is 0.0300. The standard InChI is InChI=1S/C27H27FN2O5S/c1-18-8-14-24(15-9-18)36(33,34)29-25(21-10-12-22(28)13-11-21)19(2)26(31)30-23(17-35-27(30)32)16-20-6-4-3-5-7-20/h3-15,19,23,25,29H,16-17H2,1-2H3/t19?,23-,25-/m0/s1. The number of halogens is 1. The van der Waals surface area contributed by atoms with E-state index in [-0.39, 0.29) is 11.5 Å². The number of ether oxygens (including phenoxy) is 1. The van der Waals surface area contributed by atoms with Crippen molar-refractivity contribution in [1.29, 1.82) is 0 Å². The number of carbonyl (C=O) groups excluding carboxylic acids is 2. The van der Waals surface area contributed by atoms with Crippen molar-refractivity contribution in [1.82, 2.24) is 9.62 Å². The molecule has 0 aliphatic carbocycles. The Bertz CT molecular complexity index is 1330. The molecule has 1 fully saturated rings. The molecule has 1 N–H and O–H groups in total. The second kappa shape index (κ2) is 10.6. The highest BCUT2D eigenvalue weighted by Gasteiger charge is 2.42. The SMILES string of the molecule is Cc1ccc(S(=O)(=O)N[C@H](c2ccc(F)cc2)C(C)C(=O)N2C(=O)OC[C@@H]2Cc2ccccc2)cc1. The summed E-state index contributed by atoms with van der Waals surface area (Å²) < 4.78 is 47.8. The van der Waals surface area contributed by atoms with E-state index in [4.69, 9.17) is 4.74 Å². The zero-order chi connectivity index (χ0) is 25.9. The summed E-state index contributed by atoms with van der Waals surface area (Å²) >= 11 is 0. The Hall–Kier alpha value is -3.56. The zero-order valence-corrected chi connectivity index (χ0v) is 20.7. The van der Waals surface area contributed by atoms with Crippen molar-refractivity contribution in [2.45, 2.75) is 37.2 Å². The van der Waals surface area contributed by atoms with Gasteiger partial charge in [-0.25, -0.2) is 27.2 Å². The van der Waals surface area contributed by atoms with Gasteiger partial charge in [-0.05, 0) is 48.7 Å². The lowest BCUT2D eigenvalue weighted by Crippen LogP contribution is -2.46. The molecule has 0 radical (unpaired) electrons. The average molecular weight is 511 g/mol. The molecule has 9 heteroatoms. The van der Waals surface area contributed by atoms with Crippen LogP contribution in [0.5, 0.6) is 0 Å². The second-order valence-corrected chi connectivity index (χ2v) is 10.6. The lowest BCUT2D eigenvalue weighted by atomic mass is 9.93. The van der Waals surface area contributed by atoms with Gasteiger partial charge < -0.3 is 4.74 Å². The van der Waals surface area contributed by atoms with Gasteiger partial charge in [0.2, 0.25) is 15.9 Å². The van der Waals surface area contributed by atoms with Crippen LogP contribution in [0.3, 0.4) is 0 Å². The first-order valence-electron chi connectivity index (χ1n) is 11.5. The van der Waals surface area contributed by atoms with Crippen LogP contribution in [0.1, 0.15) is 29.7 Å². The average Bonchev–Trinajstić information content (AvgIpc) is 3.22. The first-order chi connectivity index (χ1) is 17.2. The van der Waals surface area contributed by atoms with Crippen molar-refractivity contribution in [2.75, 3.05) is 6.61 Å². The van der Waals surface area contributed by atoms with Crippen LogP contribution in [0, 0.1) is 18.7 Å². The number of hydrogen-bond donors (Lipinski definition) is 1. The zero-order valence-electron chi connectivity index (χ0n) is 19.9. The molecule has 188 valence electrons. The summed E-state index contributed by atoms with van der Waals surface area (Å²) in [5.41, 5.74) is 2.21. The molecule has 0 aromatic heterocycles. The Kier molecular flexibility index (Phi) is 7.51. The van der Waals surface area contributed by atoms with Gasteiger partial charge >= 0.3 is 6.09 Å². The predicted octanol–water partition coefficient (Wildman–Crippen LogP) is 4.38. The maximum Gasteiger partial charge on any atom is 0.416 e. The van der Waals surface area contributed by atoms with E-state index in [1.54, 1.807) is 19.1 Å². The van der Waals surface area contributed by atoms with E-state index in [9.17, 15) is 22.4 Å². The number of carbonyl (C=O) groups is 2. The molecule has 0 bridgehead atoms. The topological polar surface area (TPSA) is 92.8 Å². The molecule has 1 aliphatic rings. The van der Waals surface area contributed by atoms with Gasteiger partial charge in [0.15, 0.2) is 0 Å². The molecule has 1 saturated heterocycles. The molecule has 7 nitrogen and oxygen atoms in total. The van der Waals surface area contributed by atoms with Crippen molar-refractivity contribution < 1.29 is 27.1 Å². The van der Waals surface area contributed by atoms with Crippen LogP contribution in [-0.2, 0) is 26.0 Å². The smallest absolute Gasteiger partial charge is 0.416 e. The van der Waals surface area contributed by atoms with Gasteiger partial charge in [0.1, 0.15) is 12.4 Å². The van der Waals surface area contributed by atoms with Crippen LogP contribution in [0.4, 0.5) is 9.18 Å². The van der Waals surface area contributed by atoms with Gasteiger partial charge in [0.05, 0.1) is 22.9 Å². The fraction of sp³-hybridized carbons (Fsp3) is 0.259. The number of sulfonamides is 1. The maximum absolute atomic E-state index is 13.6. The largest absolute Gasteiger partial charge is 0.447 e. The Labute approximate surface area is 209 Å². The highest BCUT2D eigenvalue weighted by Crippen LogP contribution is 2.29. The third kappa shape index (κ3) is 5.63. The third-order valence-electron chi connectivity index (χ3n) is 6.24. The first-order valence-corrected chi connectivity index (χ1v) is 13.0. The van der Waals surface area contributed by atoms with Crippen molar-refractivity contribution in [2.24, 2.45) is 5.92 Å². The number of rotatable bonds is 8. The van der Waals surface area contributed by atoms with E-state index >= 15 is 0 Å². The third-order valence-corrected chi connectivity index (χ3v) is 7.70. The van der Waals surface area contributed by atoms with Gasteiger partial charge in [0, 0.05) is 0 Å². The van der Waals surface area contributed by atoms with Crippen LogP contribution < -0.4 is 4.72 Å². The molecule has 36 heavy (non-hydrogen) atoms. The summed E-state index contributed by atoms with van der Waals surface area (Å²) in [6.45, 7) is 3.43. The molecule has 2 amide bonds. The highest BCUT2D eigenvalue weighted by atomic mass is 32.2. The minimum atomic E-state index is -4.04. The van der Waals surface area contributed by atoms with E-state index < -0.39 is 45.8 Å². The van der Waals surface area contributed by atoms with Crippen LogP contribution in [0.25, 0.3) is 0 Å². The summed E-state index contributed by atoms with van der Waals surface area (Å²) in [5.74, 6) is -2.08. The molecule has 1 unspecified atom stereocenters. The Balaban J connectivity index is 1.64. The summed E-state index contributed by atoms with van der Waals surface area (Å²) in [6, 6.07) is 19.3. The van der Waals surface area contributed by atoms with Gasteiger partial charge in [-0.3, -0.25) is 4.79 Å². The van der Waals surface area contributed by atoms with Gasteiger partial charge in [-0.2, -0.15) is 0 Å². The van der Waals surface area contributed by atoms with Gasteiger partial charge in [-0.15, -0.1) is 0 Å². The number of benzene rings is 3. The Morgan fingerprint density at radius 3 is 2.33 bits per heavy atom. The first kappa shape index (κ1) is 25.5. The van der Waals surface area contributed by atoms with Crippen molar-refractivity contribution in [3.05, 3.63) is 101 Å². The lowest BCUT2D eigenvalue weighted by Gasteiger charge is -2.29. The number of cyclic esters (lactones) is 1. The fourth-order valence-electron chi connectivity index (χ4n) is 4.21. The second-order valence-electron chi connectivity index (χ2n) is 8.88. The number of nitrogens with zero attached hydrogens (tertiary/aromatic N) is 1. The number of amides is 2. The molecular weight excluding hydrogens is 483 g/mol. The number of nitrogens with one attached hydrogen (secondary N) is 1. The van der Waals surface area contributed by atoms with E-state index in [0.29, 0.717) is 12.0 Å². The van der Waals surface area contributed by atoms with Crippen molar-refractivity contribution in [3.63, 3.8) is 0 Å². The minimum Gasteiger partial charge on any atom is -0.447 e. The van der Waals surface area contributed by atoms with E-state index in [1.807, 2.05) is 37.3 Å². The summed E-state index contributed by atoms with van der Waals surface area (Å²) in [4.78, 5) is 27.3. The monoisotopic (exact) mass is 510 g/mol. The summed E-state index contributed by atoms with van der Waals surface area (Å²) in [6.07, 6.45) is -0.367. The molecule has 3 atom stereocenters. The molecule has 0 saturated carbocycles. The predicted molar refractivity (Wildman–Crippen MR) is 132 cm³/mol. The summed E-state index contributed by atoms with van der Waals surface area (Å²) in [5, 5.41) is 0. The Morgan fingerprint density at radius 1 is 1.06 bits per heavy atom. The maximum atomic E-state index is 13.6. The fourth-order valence-corrected chi connectivity index (χ4v) is 5.52.